The van der Waals surface area contributed by atoms with Gasteiger partial charge in [-0.05, 0) is 38.8 Å². The van der Waals surface area contributed by atoms with E-state index in [0.29, 0.717) is 18.3 Å². The fourth-order valence-electron chi connectivity index (χ4n) is 3.06. The van der Waals surface area contributed by atoms with Crippen LogP contribution in [0.25, 0.3) is 0 Å². The molecule has 6 heteroatoms. The molecule has 0 bridgehead atoms. The molecule has 1 saturated heterocycles. The average molecular weight is 362 g/mol. The normalized spacial score (nSPS) is 17.6. The van der Waals surface area contributed by atoms with Crippen molar-refractivity contribution in [1.82, 2.24) is 15.5 Å². The Morgan fingerprint density at radius 2 is 2.15 bits per heavy atom. The molecule has 0 amide bonds. The number of piperidine rings is 1. The maximum absolute atomic E-state index is 13.2. The van der Waals surface area contributed by atoms with E-state index in [2.05, 4.69) is 34.0 Å². The Kier molecular flexibility index (Phi) is 7.91. The Bertz CT molecular complexity index is 612. The average Bonchev–Trinajstić information content (AvgIpc) is 2.59. The molecule has 2 rings (SSSR count). The van der Waals surface area contributed by atoms with Gasteiger partial charge in [-0.1, -0.05) is 18.2 Å². The van der Waals surface area contributed by atoms with Gasteiger partial charge in [0.25, 0.3) is 0 Å². The number of nitrogens with zero attached hydrogens (tertiary/aromatic N) is 2. The van der Waals surface area contributed by atoms with Crippen LogP contribution < -0.4 is 15.4 Å². The van der Waals surface area contributed by atoms with Gasteiger partial charge in [0.15, 0.2) is 5.96 Å². The minimum atomic E-state index is -0.293. The maximum atomic E-state index is 13.2. The molecule has 0 radical (unpaired) electrons. The fourth-order valence-corrected chi connectivity index (χ4v) is 3.06. The number of guanidine groups is 1. The summed E-state index contributed by atoms with van der Waals surface area (Å²) < 4.78 is 18.9. The van der Waals surface area contributed by atoms with Crippen molar-refractivity contribution in [3.63, 3.8) is 0 Å². The number of nitrogens with one attached hydrogen (secondary N) is 2. The molecular formula is C20H31FN4O. The molecule has 144 valence electrons. The molecule has 1 fully saturated rings. The van der Waals surface area contributed by atoms with E-state index in [0.717, 1.165) is 38.4 Å². The van der Waals surface area contributed by atoms with Crippen LogP contribution in [0.1, 0.15) is 26.7 Å². The lowest BCUT2D eigenvalue weighted by Crippen LogP contribution is -2.50. The van der Waals surface area contributed by atoms with Gasteiger partial charge in [-0.3, -0.25) is 9.89 Å². The largest absolute Gasteiger partial charge is 0.489 e. The van der Waals surface area contributed by atoms with E-state index in [1.807, 2.05) is 6.92 Å². The van der Waals surface area contributed by atoms with Gasteiger partial charge in [0, 0.05) is 38.8 Å². The molecule has 1 atom stereocenters. The number of hydrogen-bond donors (Lipinski definition) is 2. The van der Waals surface area contributed by atoms with Gasteiger partial charge < -0.3 is 15.4 Å². The van der Waals surface area contributed by atoms with Crippen molar-refractivity contribution in [2.45, 2.75) is 38.8 Å². The second-order valence-corrected chi connectivity index (χ2v) is 6.99. The van der Waals surface area contributed by atoms with Crippen molar-refractivity contribution in [2.24, 2.45) is 4.99 Å². The second kappa shape index (κ2) is 10.2. The van der Waals surface area contributed by atoms with Crippen LogP contribution in [0.4, 0.5) is 4.39 Å². The van der Waals surface area contributed by atoms with Gasteiger partial charge in [-0.2, -0.15) is 0 Å². The number of hydrogen-bond acceptors (Lipinski definition) is 3. The second-order valence-electron chi connectivity index (χ2n) is 6.99. The third kappa shape index (κ3) is 7.04. The molecule has 5 nitrogen and oxygen atoms in total. The molecule has 1 unspecified atom stereocenters. The van der Waals surface area contributed by atoms with Gasteiger partial charge in [0.2, 0.25) is 0 Å². The predicted octanol–water partition coefficient (Wildman–Crippen LogP) is 2.80. The molecule has 0 aromatic heterocycles. The lowest BCUT2D eigenvalue weighted by atomic mass is 10.0. The summed E-state index contributed by atoms with van der Waals surface area (Å²) in [7, 11) is 1.77. The zero-order valence-electron chi connectivity index (χ0n) is 16.1. The summed E-state index contributed by atoms with van der Waals surface area (Å²) in [6.07, 6.45) is 2.07. The Labute approximate surface area is 156 Å². The Morgan fingerprint density at radius 1 is 1.42 bits per heavy atom. The Balaban J connectivity index is 1.71. The number of rotatable bonds is 7. The number of halogens is 1. The van der Waals surface area contributed by atoms with E-state index >= 15 is 0 Å². The monoisotopic (exact) mass is 362 g/mol. The standard InChI is InChI=1S/C20H31FN4O/c1-15(2)14-25-10-8-18(9-11-25)24-20(22-4)23-13-16(3)26-19-7-5-6-17(21)12-19/h5-7,12,16,18H,1,8-11,13-14H2,2-4H3,(H2,22,23,24). The summed E-state index contributed by atoms with van der Waals surface area (Å²) in [4.78, 5) is 6.73. The lowest BCUT2D eigenvalue weighted by Gasteiger charge is -2.33. The lowest BCUT2D eigenvalue weighted by molar-refractivity contribution is 0.216. The third-order valence-electron chi connectivity index (χ3n) is 4.34. The number of aliphatic imine (C=N–C) groups is 1. The first-order valence-electron chi connectivity index (χ1n) is 9.22. The zero-order chi connectivity index (χ0) is 18.9. The highest BCUT2D eigenvalue weighted by molar-refractivity contribution is 5.80. The number of ether oxygens (including phenoxy) is 1. The predicted molar refractivity (Wildman–Crippen MR) is 105 cm³/mol. The highest BCUT2D eigenvalue weighted by atomic mass is 19.1. The van der Waals surface area contributed by atoms with Crippen molar-refractivity contribution in [1.29, 1.82) is 0 Å². The van der Waals surface area contributed by atoms with E-state index in [-0.39, 0.29) is 11.9 Å². The highest BCUT2D eigenvalue weighted by Gasteiger charge is 2.20. The summed E-state index contributed by atoms with van der Waals surface area (Å²) in [5, 5.41) is 6.77. The van der Waals surface area contributed by atoms with Crippen molar-refractivity contribution < 1.29 is 9.13 Å². The molecule has 1 aliphatic heterocycles. The van der Waals surface area contributed by atoms with E-state index in [1.165, 1.54) is 17.7 Å². The SMILES string of the molecule is C=C(C)CN1CCC(NC(=NC)NCC(C)Oc2cccc(F)c2)CC1. The van der Waals surface area contributed by atoms with Gasteiger partial charge in [0.05, 0.1) is 6.54 Å². The fraction of sp³-hybridized carbons (Fsp3) is 0.550. The van der Waals surface area contributed by atoms with Crippen molar-refractivity contribution in [3.8, 4) is 5.75 Å². The maximum Gasteiger partial charge on any atom is 0.191 e. The van der Waals surface area contributed by atoms with Gasteiger partial charge in [-0.15, -0.1) is 0 Å². The van der Waals surface area contributed by atoms with Crippen LogP contribution in [0, 0.1) is 5.82 Å². The van der Waals surface area contributed by atoms with E-state index < -0.39 is 0 Å². The van der Waals surface area contributed by atoms with Crippen LogP contribution in [0.3, 0.4) is 0 Å². The highest BCUT2D eigenvalue weighted by Crippen LogP contribution is 2.14. The quantitative estimate of drug-likeness (QED) is 0.445. The van der Waals surface area contributed by atoms with Gasteiger partial charge in [0.1, 0.15) is 17.7 Å². The number of benzene rings is 1. The summed E-state index contributed by atoms with van der Waals surface area (Å²) in [6, 6.07) is 6.62. The summed E-state index contributed by atoms with van der Waals surface area (Å²) in [6.45, 7) is 11.7. The molecule has 0 spiro atoms. The topological polar surface area (TPSA) is 48.9 Å². The van der Waals surface area contributed by atoms with Gasteiger partial charge >= 0.3 is 0 Å². The van der Waals surface area contributed by atoms with Crippen molar-refractivity contribution in [3.05, 3.63) is 42.2 Å². The van der Waals surface area contributed by atoms with Crippen molar-refractivity contribution in [2.75, 3.05) is 33.2 Å². The molecular weight excluding hydrogens is 331 g/mol. The molecule has 1 aromatic carbocycles. The smallest absolute Gasteiger partial charge is 0.191 e. The van der Waals surface area contributed by atoms with E-state index in [4.69, 9.17) is 4.74 Å². The summed E-state index contributed by atoms with van der Waals surface area (Å²) >= 11 is 0. The molecule has 26 heavy (non-hydrogen) atoms. The van der Waals surface area contributed by atoms with Crippen LogP contribution in [0.5, 0.6) is 5.75 Å². The van der Waals surface area contributed by atoms with E-state index in [9.17, 15) is 4.39 Å². The molecule has 1 aliphatic rings. The third-order valence-corrected chi connectivity index (χ3v) is 4.34. The summed E-state index contributed by atoms with van der Waals surface area (Å²) in [5.41, 5.74) is 1.21. The first-order valence-corrected chi connectivity index (χ1v) is 9.22. The zero-order valence-corrected chi connectivity index (χ0v) is 16.1. The molecule has 1 aromatic rings. The van der Waals surface area contributed by atoms with Crippen molar-refractivity contribution >= 4 is 5.96 Å². The first-order chi connectivity index (χ1) is 12.5. The van der Waals surface area contributed by atoms with Crippen LogP contribution >= 0.6 is 0 Å². The van der Waals surface area contributed by atoms with Crippen LogP contribution in [-0.4, -0.2) is 56.2 Å². The minimum Gasteiger partial charge on any atom is -0.489 e. The minimum absolute atomic E-state index is 0.104. The first kappa shape index (κ1) is 20.2. The molecule has 1 heterocycles. The number of likely N-dealkylation sites (tertiary alicyclic amines) is 1. The van der Waals surface area contributed by atoms with Crippen LogP contribution in [0.2, 0.25) is 0 Å². The van der Waals surface area contributed by atoms with Crippen LogP contribution in [0.15, 0.2) is 41.4 Å². The Morgan fingerprint density at radius 3 is 2.77 bits per heavy atom. The van der Waals surface area contributed by atoms with E-state index in [1.54, 1.807) is 19.2 Å². The molecule has 0 aliphatic carbocycles. The Hall–Kier alpha value is -2.08. The van der Waals surface area contributed by atoms with Gasteiger partial charge in [-0.25, -0.2) is 4.39 Å². The summed E-state index contributed by atoms with van der Waals surface area (Å²) in [5.74, 6) is 1.02. The molecule has 2 N–H and O–H groups in total. The van der Waals surface area contributed by atoms with Crippen LogP contribution in [-0.2, 0) is 0 Å². The molecule has 0 saturated carbocycles.